The first kappa shape index (κ1) is 16.0. The Balaban J connectivity index is 2.05. The zero-order chi connectivity index (χ0) is 15.4. The first-order chi connectivity index (χ1) is 9.99. The Morgan fingerprint density at radius 2 is 1.90 bits per heavy atom. The Labute approximate surface area is 129 Å². The van der Waals surface area contributed by atoms with E-state index in [-0.39, 0.29) is 0 Å². The number of benzene rings is 1. The van der Waals surface area contributed by atoms with E-state index in [4.69, 9.17) is 0 Å². The summed E-state index contributed by atoms with van der Waals surface area (Å²) in [7, 11) is -0.775. The van der Waals surface area contributed by atoms with Crippen LogP contribution in [-0.4, -0.2) is 19.7 Å². The average molecular weight is 304 g/mol. The fourth-order valence-corrected chi connectivity index (χ4v) is 3.86. The largest absolute Gasteiger partial charge is 0.259 e. The molecule has 1 aromatic carbocycles. The Morgan fingerprint density at radius 1 is 1.24 bits per heavy atom. The van der Waals surface area contributed by atoms with E-state index in [0.29, 0.717) is 11.7 Å². The molecule has 114 valence electrons. The van der Waals surface area contributed by atoms with Crippen LogP contribution in [0.1, 0.15) is 37.2 Å². The van der Waals surface area contributed by atoms with Crippen LogP contribution in [0, 0.1) is 19.8 Å². The quantitative estimate of drug-likeness (QED) is 0.814. The molecule has 4 heteroatoms. The summed E-state index contributed by atoms with van der Waals surface area (Å²) in [5, 5.41) is 4.48. The third kappa shape index (κ3) is 4.27. The molecule has 0 spiro atoms. The highest BCUT2D eigenvalue weighted by atomic mass is 32.2. The van der Waals surface area contributed by atoms with Gasteiger partial charge in [-0.2, -0.15) is 5.10 Å². The molecular weight excluding hydrogens is 280 g/mol. The molecule has 0 fully saturated rings. The van der Waals surface area contributed by atoms with Crippen molar-refractivity contribution in [3.8, 4) is 5.69 Å². The maximum atomic E-state index is 12.1. The first-order valence-electron chi connectivity index (χ1n) is 7.47. The monoisotopic (exact) mass is 304 g/mol. The summed E-state index contributed by atoms with van der Waals surface area (Å²) in [6, 6.07) is 10.3. The van der Waals surface area contributed by atoms with E-state index in [1.165, 1.54) is 0 Å². The second kappa shape index (κ2) is 7.03. The van der Waals surface area contributed by atoms with Crippen molar-refractivity contribution >= 4 is 10.8 Å². The van der Waals surface area contributed by atoms with Crippen molar-refractivity contribution in [3.05, 3.63) is 47.3 Å². The van der Waals surface area contributed by atoms with Crippen LogP contribution < -0.4 is 0 Å². The van der Waals surface area contributed by atoms with Crippen LogP contribution in [0.2, 0.25) is 0 Å². The summed E-state index contributed by atoms with van der Waals surface area (Å²) in [6.45, 7) is 8.35. The van der Waals surface area contributed by atoms with Gasteiger partial charge >= 0.3 is 0 Å². The second-order valence-electron chi connectivity index (χ2n) is 5.77. The minimum atomic E-state index is -0.775. The van der Waals surface area contributed by atoms with E-state index < -0.39 is 10.8 Å². The molecule has 2 unspecified atom stereocenters. The summed E-state index contributed by atoms with van der Waals surface area (Å²) >= 11 is 0. The van der Waals surface area contributed by atoms with Crippen LogP contribution in [0.4, 0.5) is 0 Å². The zero-order valence-corrected chi connectivity index (χ0v) is 14.1. The number of hydrogen-bond donors (Lipinski definition) is 0. The summed E-state index contributed by atoms with van der Waals surface area (Å²) < 4.78 is 14.0. The molecule has 0 amide bonds. The van der Waals surface area contributed by atoms with Crippen LogP contribution in [0.25, 0.3) is 5.69 Å². The minimum absolute atomic E-state index is 0.528. The van der Waals surface area contributed by atoms with Crippen molar-refractivity contribution in [2.75, 3.05) is 5.75 Å². The van der Waals surface area contributed by atoms with Crippen LogP contribution in [-0.2, 0) is 16.6 Å². The van der Waals surface area contributed by atoms with E-state index in [1.807, 2.05) is 11.6 Å². The SMILES string of the molecule is CCC(C)CS(=O)Cc1ccc(-n2nc(C)cc2C)cc1. The predicted octanol–water partition coefficient (Wildman–Crippen LogP) is 3.78. The van der Waals surface area contributed by atoms with Crippen LogP contribution in [0.5, 0.6) is 0 Å². The van der Waals surface area contributed by atoms with Gasteiger partial charge in [-0.05, 0) is 43.5 Å². The summed E-state index contributed by atoms with van der Waals surface area (Å²) in [5.74, 6) is 1.96. The van der Waals surface area contributed by atoms with Crippen molar-refractivity contribution in [1.29, 1.82) is 0 Å². The van der Waals surface area contributed by atoms with E-state index in [0.717, 1.165) is 34.8 Å². The molecule has 2 rings (SSSR count). The van der Waals surface area contributed by atoms with Crippen molar-refractivity contribution in [3.63, 3.8) is 0 Å². The van der Waals surface area contributed by atoms with Crippen molar-refractivity contribution in [2.45, 2.75) is 39.9 Å². The Morgan fingerprint density at radius 3 is 2.43 bits per heavy atom. The van der Waals surface area contributed by atoms with E-state index in [1.54, 1.807) is 0 Å². The highest BCUT2D eigenvalue weighted by Gasteiger charge is 2.08. The van der Waals surface area contributed by atoms with Gasteiger partial charge in [-0.25, -0.2) is 4.68 Å². The smallest absolute Gasteiger partial charge is 0.0648 e. The third-order valence-corrected chi connectivity index (χ3v) is 5.28. The average Bonchev–Trinajstić information content (AvgIpc) is 2.78. The van der Waals surface area contributed by atoms with Crippen LogP contribution in [0.15, 0.2) is 30.3 Å². The van der Waals surface area contributed by atoms with Gasteiger partial charge in [0.2, 0.25) is 0 Å². The van der Waals surface area contributed by atoms with Gasteiger partial charge in [0.05, 0.1) is 11.4 Å². The van der Waals surface area contributed by atoms with Crippen molar-refractivity contribution in [1.82, 2.24) is 9.78 Å². The van der Waals surface area contributed by atoms with Gasteiger partial charge in [0.15, 0.2) is 0 Å². The lowest BCUT2D eigenvalue weighted by Gasteiger charge is -2.09. The minimum Gasteiger partial charge on any atom is -0.259 e. The Bertz CT molecular complexity index is 616. The van der Waals surface area contributed by atoms with Crippen LogP contribution in [0.3, 0.4) is 0 Å². The molecule has 0 bridgehead atoms. The van der Waals surface area contributed by atoms with Gasteiger partial charge in [0.25, 0.3) is 0 Å². The van der Waals surface area contributed by atoms with Gasteiger partial charge < -0.3 is 0 Å². The number of nitrogens with zero attached hydrogens (tertiary/aromatic N) is 2. The first-order valence-corrected chi connectivity index (χ1v) is 8.96. The lowest BCUT2D eigenvalue weighted by atomic mass is 10.2. The summed E-state index contributed by atoms with van der Waals surface area (Å²) in [4.78, 5) is 0. The molecule has 2 aromatic rings. The number of hydrogen-bond acceptors (Lipinski definition) is 2. The fraction of sp³-hybridized carbons (Fsp3) is 0.471. The van der Waals surface area contributed by atoms with Gasteiger partial charge in [-0.15, -0.1) is 0 Å². The second-order valence-corrected chi connectivity index (χ2v) is 7.27. The molecule has 0 N–H and O–H groups in total. The topological polar surface area (TPSA) is 34.9 Å². The molecule has 0 aliphatic carbocycles. The molecule has 21 heavy (non-hydrogen) atoms. The molecule has 3 nitrogen and oxygen atoms in total. The molecule has 0 aliphatic heterocycles. The summed E-state index contributed by atoms with van der Waals surface area (Å²) in [5.41, 5.74) is 4.32. The van der Waals surface area contributed by atoms with E-state index in [2.05, 4.69) is 56.2 Å². The highest BCUT2D eigenvalue weighted by Crippen LogP contribution is 2.15. The van der Waals surface area contributed by atoms with E-state index in [9.17, 15) is 4.21 Å². The van der Waals surface area contributed by atoms with Crippen molar-refractivity contribution in [2.24, 2.45) is 5.92 Å². The van der Waals surface area contributed by atoms with Gasteiger partial charge in [-0.1, -0.05) is 32.4 Å². The number of rotatable bonds is 6. The van der Waals surface area contributed by atoms with Crippen LogP contribution >= 0.6 is 0 Å². The zero-order valence-electron chi connectivity index (χ0n) is 13.3. The molecule has 0 aliphatic rings. The molecule has 1 heterocycles. The lowest BCUT2D eigenvalue weighted by Crippen LogP contribution is -2.09. The third-order valence-electron chi connectivity index (χ3n) is 3.69. The molecule has 0 saturated carbocycles. The normalized spacial score (nSPS) is 14.1. The Kier molecular flexibility index (Phi) is 5.34. The fourth-order valence-electron chi connectivity index (χ4n) is 2.30. The molecule has 0 radical (unpaired) electrons. The number of aryl methyl sites for hydroxylation is 2. The molecule has 0 saturated heterocycles. The maximum absolute atomic E-state index is 12.1. The molecule has 1 aromatic heterocycles. The lowest BCUT2D eigenvalue weighted by molar-refractivity contribution is 0.615. The van der Waals surface area contributed by atoms with Gasteiger partial charge in [0, 0.05) is 28.0 Å². The molecule has 2 atom stereocenters. The maximum Gasteiger partial charge on any atom is 0.0648 e. The van der Waals surface area contributed by atoms with Gasteiger partial charge in [0.1, 0.15) is 0 Å². The van der Waals surface area contributed by atoms with E-state index >= 15 is 0 Å². The molecular formula is C17H24N2OS. The number of aromatic nitrogens is 2. The summed E-state index contributed by atoms with van der Waals surface area (Å²) in [6.07, 6.45) is 1.09. The Hall–Kier alpha value is -1.42. The standard InChI is InChI=1S/C17H24N2OS/c1-5-13(2)11-21(20)12-16-6-8-17(9-7-16)19-15(4)10-14(3)18-19/h6-10,13H,5,11-12H2,1-4H3. The van der Waals surface area contributed by atoms with Gasteiger partial charge in [-0.3, -0.25) is 4.21 Å². The highest BCUT2D eigenvalue weighted by molar-refractivity contribution is 7.84. The predicted molar refractivity (Wildman–Crippen MR) is 89.2 cm³/mol. The van der Waals surface area contributed by atoms with Crippen molar-refractivity contribution < 1.29 is 4.21 Å².